The van der Waals surface area contributed by atoms with Crippen molar-refractivity contribution in [1.29, 1.82) is 0 Å². The molecular weight excluding hydrogens is 480 g/mol. The fourth-order valence-corrected chi connectivity index (χ4v) is 5.95. The molecule has 0 heterocycles. The molecule has 0 bridgehead atoms. The third-order valence-corrected chi connectivity index (χ3v) is 7.57. The van der Waals surface area contributed by atoms with Gasteiger partial charge in [0.2, 0.25) is 0 Å². The van der Waals surface area contributed by atoms with E-state index in [1.165, 1.54) is 43.4 Å². The van der Waals surface area contributed by atoms with E-state index in [2.05, 4.69) is 123 Å². The summed E-state index contributed by atoms with van der Waals surface area (Å²) in [6.07, 6.45) is 7.77. The van der Waals surface area contributed by atoms with E-state index in [1.807, 2.05) is 38.2 Å². The molecule has 40 heavy (non-hydrogen) atoms. The summed E-state index contributed by atoms with van der Waals surface area (Å²) in [5.41, 5.74) is 8.89. The van der Waals surface area contributed by atoms with Gasteiger partial charge in [0.15, 0.2) is 0 Å². The van der Waals surface area contributed by atoms with Crippen molar-refractivity contribution in [3.05, 3.63) is 146 Å². The average molecular weight is 515 g/mol. The van der Waals surface area contributed by atoms with Crippen LogP contribution >= 0.6 is 0 Å². The smallest absolute Gasteiger partial charge is 0.00201 e. The Bertz CT molecular complexity index is 1930. The van der Waals surface area contributed by atoms with E-state index in [0.29, 0.717) is 0 Å². The van der Waals surface area contributed by atoms with E-state index in [-0.39, 0.29) is 0 Å². The number of hydrogen-bond acceptors (Lipinski definition) is 0. The summed E-state index contributed by atoms with van der Waals surface area (Å²) in [6, 6.07) is 34.6. The Morgan fingerprint density at radius 2 is 0.925 bits per heavy atom. The van der Waals surface area contributed by atoms with Crippen LogP contribution in [0, 0.1) is 0 Å². The molecule has 0 fully saturated rings. The number of hydrogen-bond donors (Lipinski definition) is 0. The molecule has 0 amide bonds. The standard InChI is InChI=1S/C38H28.C2H6/c1-5-25-17-15-23-33(27(25)6-2)37-28(7-3)29(8-4)38(35-22-14-13-21-34(35)37)36-24-26-16-9-10-18-30(26)31-19-11-12-20-32(31)36;1-2/h5-24H,1-4H2;1-2H3. The van der Waals surface area contributed by atoms with Gasteiger partial charge in [-0.25, -0.2) is 0 Å². The molecule has 194 valence electrons. The Morgan fingerprint density at radius 3 is 1.50 bits per heavy atom. The van der Waals surface area contributed by atoms with Gasteiger partial charge in [-0.05, 0) is 82.9 Å². The van der Waals surface area contributed by atoms with Crippen molar-refractivity contribution in [2.45, 2.75) is 13.8 Å². The molecule has 6 aromatic rings. The monoisotopic (exact) mass is 514 g/mol. The molecule has 0 heteroatoms. The second kappa shape index (κ2) is 11.4. The summed E-state index contributed by atoms with van der Waals surface area (Å²) in [5.74, 6) is 0. The van der Waals surface area contributed by atoms with Crippen molar-refractivity contribution in [2.75, 3.05) is 0 Å². The lowest BCUT2D eigenvalue weighted by Gasteiger charge is -2.23. The highest BCUT2D eigenvalue weighted by Gasteiger charge is 2.22. The minimum Gasteiger partial charge on any atom is -0.0984 e. The maximum Gasteiger partial charge on any atom is -0.00201 e. The van der Waals surface area contributed by atoms with Crippen LogP contribution in [0.25, 0.3) is 78.9 Å². The molecule has 6 aromatic carbocycles. The molecule has 6 rings (SSSR count). The van der Waals surface area contributed by atoms with Gasteiger partial charge in [0, 0.05) is 0 Å². The fraction of sp³-hybridized carbons (Fsp3) is 0.0500. The molecule has 0 aliphatic carbocycles. The highest BCUT2D eigenvalue weighted by atomic mass is 14.2. The van der Waals surface area contributed by atoms with Crippen LogP contribution in [0.1, 0.15) is 36.1 Å². The second-order valence-corrected chi connectivity index (χ2v) is 9.44. The van der Waals surface area contributed by atoms with Gasteiger partial charge in [0.1, 0.15) is 0 Å². The lowest BCUT2D eigenvalue weighted by Crippen LogP contribution is -1.98. The molecule has 0 radical (unpaired) electrons. The highest BCUT2D eigenvalue weighted by Crippen LogP contribution is 2.47. The Labute approximate surface area is 237 Å². The first-order valence-electron chi connectivity index (χ1n) is 13.8. The summed E-state index contributed by atoms with van der Waals surface area (Å²) < 4.78 is 0. The van der Waals surface area contributed by atoms with Crippen molar-refractivity contribution < 1.29 is 0 Å². The van der Waals surface area contributed by atoms with E-state index in [4.69, 9.17) is 0 Å². The molecular formula is C40H34. The third-order valence-electron chi connectivity index (χ3n) is 7.57. The lowest BCUT2D eigenvalue weighted by atomic mass is 9.80. The maximum atomic E-state index is 4.30. The van der Waals surface area contributed by atoms with Crippen LogP contribution in [0.5, 0.6) is 0 Å². The molecule has 0 nitrogen and oxygen atoms in total. The van der Waals surface area contributed by atoms with Gasteiger partial charge >= 0.3 is 0 Å². The Morgan fingerprint density at radius 1 is 0.425 bits per heavy atom. The zero-order valence-corrected chi connectivity index (χ0v) is 23.4. The first-order valence-corrected chi connectivity index (χ1v) is 13.8. The van der Waals surface area contributed by atoms with Gasteiger partial charge in [0.05, 0.1) is 0 Å². The minimum atomic E-state index is 1.06. The van der Waals surface area contributed by atoms with Crippen LogP contribution in [-0.4, -0.2) is 0 Å². The van der Waals surface area contributed by atoms with Crippen molar-refractivity contribution in [1.82, 2.24) is 0 Å². The van der Waals surface area contributed by atoms with Crippen molar-refractivity contribution >= 4 is 56.6 Å². The first-order chi connectivity index (χ1) is 19.7. The van der Waals surface area contributed by atoms with E-state index in [1.54, 1.807) is 0 Å². The minimum absolute atomic E-state index is 1.06. The van der Waals surface area contributed by atoms with E-state index >= 15 is 0 Å². The predicted molar refractivity (Wildman–Crippen MR) is 182 cm³/mol. The Kier molecular flexibility index (Phi) is 7.62. The van der Waals surface area contributed by atoms with Gasteiger partial charge in [-0.1, -0.05) is 155 Å². The summed E-state index contributed by atoms with van der Waals surface area (Å²) >= 11 is 0. The van der Waals surface area contributed by atoms with Crippen molar-refractivity contribution in [3.8, 4) is 22.3 Å². The molecule has 0 aliphatic rings. The SMILES string of the molecule is C=Cc1cccc(-c2c(C=C)c(C=C)c(-c3cc4ccccc4c4ccccc34)c3ccccc23)c1C=C.CC. The summed E-state index contributed by atoms with van der Waals surface area (Å²) in [4.78, 5) is 0. The molecule has 0 aromatic heterocycles. The van der Waals surface area contributed by atoms with Crippen LogP contribution in [0.4, 0.5) is 0 Å². The van der Waals surface area contributed by atoms with E-state index < -0.39 is 0 Å². The molecule has 0 saturated carbocycles. The first kappa shape index (κ1) is 26.7. The fourth-order valence-electron chi connectivity index (χ4n) is 5.95. The molecule has 0 atom stereocenters. The van der Waals surface area contributed by atoms with Crippen molar-refractivity contribution in [2.24, 2.45) is 0 Å². The number of fused-ring (bicyclic) bond motifs is 4. The summed E-state index contributed by atoms with van der Waals surface area (Å²) in [7, 11) is 0. The van der Waals surface area contributed by atoms with Gasteiger partial charge in [-0.2, -0.15) is 0 Å². The zero-order chi connectivity index (χ0) is 28.2. The van der Waals surface area contributed by atoms with Gasteiger partial charge in [-0.15, -0.1) is 0 Å². The molecule has 0 saturated heterocycles. The van der Waals surface area contributed by atoms with Crippen LogP contribution in [0.3, 0.4) is 0 Å². The third kappa shape index (κ3) is 4.19. The quantitative estimate of drug-likeness (QED) is 0.194. The second-order valence-electron chi connectivity index (χ2n) is 9.44. The molecule has 0 spiro atoms. The van der Waals surface area contributed by atoms with E-state index in [0.717, 1.165) is 33.4 Å². The topological polar surface area (TPSA) is 0 Å². The Hall–Kier alpha value is -4.94. The largest absolute Gasteiger partial charge is 0.0984 e. The predicted octanol–water partition coefficient (Wildman–Crippen LogP) is 12.1. The van der Waals surface area contributed by atoms with Gasteiger partial charge in [-0.3, -0.25) is 0 Å². The highest BCUT2D eigenvalue weighted by molar-refractivity contribution is 6.20. The van der Waals surface area contributed by atoms with Crippen molar-refractivity contribution in [3.63, 3.8) is 0 Å². The average Bonchev–Trinajstić information content (AvgIpc) is 3.03. The van der Waals surface area contributed by atoms with Crippen LogP contribution in [-0.2, 0) is 0 Å². The number of benzene rings is 6. The Balaban J connectivity index is 0.00000158. The zero-order valence-electron chi connectivity index (χ0n) is 23.4. The summed E-state index contributed by atoms with van der Waals surface area (Å²) in [6.45, 7) is 20.8. The number of rotatable bonds is 6. The lowest BCUT2D eigenvalue weighted by molar-refractivity contribution is 1.50. The molecule has 0 unspecified atom stereocenters. The van der Waals surface area contributed by atoms with Crippen LogP contribution in [0.15, 0.2) is 123 Å². The van der Waals surface area contributed by atoms with Gasteiger partial charge in [0.25, 0.3) is 0 Å². The molecule has 0 aliphatic heterocycles. The van der Waals surface area contributed by atoms with Crippen LogP contribution < -0.4 is 0 Å². The normalized spacial score (nSPS) is 10.7. The molecule has 0 N–H and O–H groups in total. The maximum absolute atomic E-state index is 4.30. The van der Waals surface area contributed by atoms with Crippen LogP contribution in [0.2, 0.25) is 0 Å². The van der Waals surface area contributed by atoms with E-state index in [9.17, 15) is 0 Å². The van der Waals surface area contributed by atoms with Gasteiger partial charge < -0.3 is 0 Å². The summed E-state index contributed by atoms with van der Waals surface area (Å²) in [5, 5.41) is 7.30.